The number of aromatic nitrogens is 3. The quantitative estimate of drug-likeness (QED) is 0.805. The summed E-state index contributed by atoms with van der Waals surface area (Å²) in [6.45, 7) is 1.51. The topological polar surface area (TPSA) is 64.2 Å². The molecule has 0 N–H and O–H groups in total. The van der Waals surface area contributed by atoms with Gasteiger partial charge in [-0.1, -0.05) is 6.42 Å². The lowest BCUT2D eigenvalue weighted by Crippen LogP contribution is -2.38. The lowest BCUT2D eigenvalue weighted by molar-refractivity contribution is 0.0692. The van der Waals surface area contributed by atoms with Crippen LogP contribution in [0.5, 0.6) is 0 Å². The zero-order chi connectivity index (χ0) is 16.3. The molecule has 1 atom stereocenters. The van der Waals surface area contributed by atoms with Gasteiger partial charge in [-0.3, -0.25) is 4.79 Å². The maximum atomic E-state index is 12.8. The van der Waals surface area contributed by atoms with Crippen LogP contribution in [0, 0.1) is 5.41 Å². The predicted molar refractivity (Wildman–Crippen MR) is 89.6 cm³/mol. The van der Waals surface area contributed by atoms with Gasteiger partial charge in [0, 0.05) is 25.0 Å². The highest BCUT2D eigenvalue weighted by Gasteiger charge is 2.54. The van der Waals surface area contributed by atoms with Gasteiger partial charge in [0.15, 0.2) is 10.4 Å². The number of nitrogens with zero attached hydrogens (tertiary/aromatic N) is 4. The van der Waals surface area contributed by atoms with Gasteiger partial charge in [-0.2, -0.15) is 0 Å². The van der Waals surface area contributed by atoms with Crippen LogP contribution in [-0.4, -0.2) is 38.7 Å². The minimum atomic E-state index is -0.0213. The molecule has 3 aliphatic rings. The third kappa shape index (κ3) is 2.17. The first-order valence-electron chi connectivity index (χ1n) is 8.60. The fourth-order valence-electron chi connectivity index (χ4n) is 4.34. The van der Waals surface area contributed by atoms with Crippen molar-refractivity contribution in [1.82, 2.24) is 19.7 Å². The van der Waals surface area contributed by atoms with Crippen LogP contribution in [-0.2, 0) is 0 Å². The molecule has 126 valence electrons. The monoisotopic (exact) mass is 390 g/mol. The van der Waals surface area contributed by atoms with Crippen LogP contribution in [0.15, 0.2) is 27.5 Å². The molecular formula is C17H19BrN4O2. The summed E-state index contributed by atoms with van der Waals surface area (Å²) >= 11 is 3.27. The summed E-state index contributed by atoms with van der Waals surface area (Å²) < 4.78 is 8.31. The molecule has 3 heterocycles. The first-order valence-corrected chi connectivity index (χ1v) is 9.40. The Morgan fingerprint density at radius 3 is 2.79 bits per heavy atom. The number of halogens is 1. The first kappa shape index (κ1) is 14.7. The van der Waals surface area contributed by atoms with E-state index in [4.69, 9.17) is 4.42 Å². The second-order valence-electron chi connectivity index (χ2n) is 7.39. The standard InChI is InChI=1S/C17H19BrN4O2/c18-14-5-4-13(24-14)16(23)21-8-12(17(9-21)6-1-7-17)15-20-19-10-22(15)11-2-3-11/h4-5,10-12H,1-3,6-9H2. The summed E-state index contributed by atoms with van der Waals surface area (Å²) in [7, 11) is 0. The minimum absolute atomic E-state index is 0.0213. The van der Waals surface area contributed by atoms with Crippen LogP contribution >= 0.6 is 15.9 Å². The van der Waals surface area contributed by atoms with E-state index in [-0.39, 0.29) is 17.2 Å². The van der Waals surface area contributed by atoms with Crippen LogP contribution < -0.4 is 0 Å². The molecule has 5 rings (SSSR count). The normalized spacial score (nSPS) is 25.2. The fraction of sp³-hybridized carbons (Fsp3) is 0.588. The Hall–Kier alpha value is -1.63. The van der Waals surface area contributed by atoms with Crippen LogP contribution in [0.2, 0.25) is 0 Å². The SMILES string of the molecule is O=C(c1ccc(Br)o1)N1CC(c2nncn2C2CC2)C2(CCC2)C1. The van der Waals surface area contributed by atoms with E-state index in [1.54, 1.807) is 12.1 Å². The Morgan fingerprint density at radius 2 is 2.17 bits per heavy atom. The van der Waals surface area contributed by atoms with E-state index in [2.05, 4.69) is 30.7 Å². The van der Waals surface area contributed by atoms with Gasteiger partial charge in [0.1, 0.15) is 12.2 Å². The average Bonchev–Trinajstić information content (AvgIpc) is 2.99. The Bertz CT molecular complexity index is 790. The molecule has 1 saturated heterocycles. The van der Waals surface area contributed by atoms with Crippen molar-refractivity contribution in [2.24, 2.45) is 5.41 Å². The van der Waals surface area contributed by atoms with Crippen LogP contribution in [0.1, 0.15) is 60.4 Å². The Balaban J connectivity index is 1.45. The number of furan rings is 1. The van der Waals surface area contributed by atoms with Gasteiger partial charge in [-0.25, -0.2) is 0 Å². The van der Waals surface area contributed by atoms with Crippen molar-refractivity contribution in [1.29, 1.82) is 0 Å². The lowest BCUT2D eigenvalue weighted by atomic mass is 9.62. The molecule has 0 aromatic carbocycles. The summed E-state index contributed by atoms with van der Waals surface area (Å²) in [5.41, 5.74) is 0.180. The number of hydrogen-bond acceptors (Lipinski definition) is 4. The van der Waals surface area contributed by atoms with Gasteiger partial charge in [-0.05, 0) is 59.2 Å². The molecule has 1 unspecified atom stereocenters. The van der Waals surface area contributed by atoms with E-state index < -0.39 is 0 Å². The molecule has 0 radical (unpaired) electrons. The third-order valence-electron chi connectivity index (χ3n) is 5.92. The van der Waals surface area contributed by atoms with Crippen molar-refractivity contribution in [2.45, 2.75) is 44.1 Å². The number of carbonyl (C=O) groups excluding carboxylic acids is 1. The number of likely N-dealkylation sites (tertiary alicyclic amines) is 1. The fourth-order valence-corrected chi connectivity index (χ4v) is 4.64. The highest BCUT2D eigenvalue weighted by Crippen LogP contribution is 2.56. The largest absolute Gasteiger partial charge is 0.444 e. The first-order chi connectivity index (χ1) is 11.7. The van der Waals surface area contributed by atoms with Crippen molar-refractivity contribution >= 4 is 21.8 Å². The van der Waals surface area contributed by atoms with Crippen molar-refractivity contribution in [3.8, 4) is 0 Å². The van der Waals surface area contributed by atoms with E-state index in [1.165, 1.54) is 32.1 Å². The van der Waals surface area contributed by atoms with Gasteiger partial charge in [0.05, 0.1) is 0 Å². The Morgan fingerprint density at radius 1 is 1.33 bits per heavy atom. The zero-order valence-corrected chi connectivity index (χ0v) is 14.9. The van der Waals surface area contributed by atoms with Crippen molar-refractivity contribution in [2.75, 3.05) is 13.1 Å². The third-order valence-corrected chi connectivity index (χ3v) is 6.35. The van der Waals surface area contributed by atoms with Gasteiger partial charge >= 0.3 is 0 Å². The average molecular weight is 391 g/mol. The number of hydrogen-bond donors (Lipinski definition) is 0. The maximum absolute atomic E-state index is 12.8. The molecule has 0 bridgehead atoms. The number of amides is 1. The molecule has 3 fully saturated rings. The Labute approximate surface area is 148 Å². The smallest absolute Gasteiger partial charge is 0.289 e. The number of carbonyl (C=O) groups is 1. The summed E-state index contributed by atoms with van der Waals surface area (Å²) in [5.74, 6) is 1.75. The summed E-state index contributed by atoms with van der Waals surface area (Å²) in [4.78, 5) is 14.7. The highest BCUT2D eigenvalue weighted by atomic mass is 79.9. The zero-order valence-electron chi connectivity index (χ0n) is 13.3. The van der Waals surface area contributed by atoms with Gasteiger partial charge in [-0.15, -0.1) is 10.2 Å². The molecule has 7 heteroatoms. The predicted octanol–water partition coefficient (Wildman–Crippen LogP) is 3.38. The van der Waals surface area contributed by atoms with Gasteiger partial charge < -0.3 is 13.9 Å². The second kappa shape index (κ2) is 5.18. The molecule has 2 aromatic rings. The molecule has 24 heavy (non-hydrogen) atoms. The van der Waals surface area contributed by atoms with Crippen molar-refractivity contribution in [3.63, 3.8) is 0 Å². The molecule has 1 amide bonds. The number of rotatable bonds is 3. The molecule has 2 aromatic heterocycles. The van der Waals surface area contributed by atoms with E-state index >= 15 is 0 Å². The van der Waals surface area contributed by atoms with Crippen LogP contribution in [0.3, 0.4) is 0 Å². The lowest BCUT2D eigenvalue weighted by Gasteiger charge is -2.42. The molecule has 1 spiro atoms. The molecule has 6 nitrogen and oxygen atoms in total. The van der Waals surface area contributed by atoms with Crippen molar-refractivity contribution in [3.05, 3.63) is 34.7 Å². The summed E-state index contributed by atoms with van der Waals surface area (Å²) in [5, 5.41) is 8.62. The van der Waals surface area contributed by atoms with E-state index in [0.29, 0.717) is 23.0 Å². The second-order valence-corrected chi connectivity index (χ2v) is 8.17. The minimum Gasteiger partial charge on any atom is -0.444 e. The van der Waals surface area contributed by atoms with Crippen LogP contribution in [0.4, 0.5) is 0 Å². The Kier molecular flexibility index (Phi) is 3.17. The maximum Gasteiger partial charge on any atom is 0.289 e. The van der Waals surface area contributed by atoms with Gasteiger partial charge in [0.2, 0.25) is 0 Å². The van der Waals surface area contributed by atoms with Crippen LogP contribution in [0.25, 0.3) is 0 Å². The summed E-state index contributed by atoms with van der Waals surface area (Å²) in [6, 6.07) is 4.07. The van der Waals surface area contributed by atoms with E-state index in [1.807, 2.05) is 11.2 Å². The van der Waals surface area contributed by atoms with Gasteiger partial charge in [0.25, 0.3) is 5.91 Å². The summed E-state index contributed by atoms with van der Waals surface area (Å²) in [6.07, 6.45) is 7.87. The van der Waals surface area contributed by atoms with E-state index in [9.17, 15) is 4.79 Å². The molecular weight excluding hydrogens is 372 g/mol. The molecule has 2 aliphatic carbocycles. The highest BCUT2D eigenvalue weighted by molar-refractivity contribution is 9.10. The molecule has 1 aliphatic heterocycles. The molecule has 2 saturated carbocycles. The van der Waals surface area contributed by atoms with E-state index in [0.717, 1.165) is 12.4 Å². The van der Waals surface area contributed by atoms with Crippen molar-refractivity contribution < 1.29 is 9.21 Å².